The van der Waals surface area contributed by atoms with E-state index in [0.717, 1.165) is 28.4 Å². The molecule has 0 saturated heterocycles. The summed E-state index contributed by atoms with van der Waals surface area (Å²) >= 11 is 9.99. The van der Waals surface area contributed by atoms with Crippen molar-refractivity contribution >= 4 is 27.5 Å². The van der Waals surface area contributed by atoms with Crippen molar-refractivity contribution in [1.29, 1.82) is 0 Å². The van der Waals surface area contributed by atoms with Crippen molar-refractivity contribution < 1.29 is 0 Å². The summed E-state index contributed by atoms with van der Waals surface area (Å²) < 4.78 is 1.00. The Balaban J connectivity index is 2.23. The maximum Gasteiger partial charge on any atom is 0.0595 e. The molecule has 1 saturated carbocycles. The Morgan fingerprint density at radius 3 is 2.78 bits per heavy atom. The van der Waals surface area contributed by atoms with Crippen LogP contribution in [0.5, 0.6) is 0 Å². The van der Waals surface area contributed by atoms with Gasteiger partial charge in [-0.3, -0.25) is 0 Å². The Bertz CT molecular complexity index is 388. The third-order valence-electron chi connectivity index (χ3n) is 3.80. The van der Waals surface area contributed by atoms with Crippen molar-refractivity contribution in [3.05, 3.63) is 33.3 Å². The lowest BCUT2D eigenvalue weighted by molar-refractivity contribution is 0.368. The van der Waals surface area contributed by atoms with Gasteiger partial charge in [-0.25, -0.2) is 0 Å². The van der Waals surface area contributed by atoms with Gasteiger partial charge in [-0.2, -0.15) is 0 Å². The smallest absolute Gasteiger partial charge is 0.0595 e. The number of hydrogen-bond acceptors (Lipinski definition) is 1. The van der Waals surface area contributed by atoms with E-state index in [2.05, 4.69) is 40.3 Å². The molecule has 0 aliphatic heterocycles. The van der Waals surface area contributed by atoms with Crippen LogP contribution in [0.1, 0.15) is 50.6 Å². The summed E-state index contributed by atoms with van der Waals surface area (Å²) in [6.07, 6.45) is 6.53. The molecule has 1 aromatic carbocycles. The van der Waals surface area contributed by atoms with Crippen LogP contribution in [0.25, 0.3) is 0 Å². The third kappa shape index (κ3) is 3.28. The predicted octanol–water partition coefficient (Wildman–Crippen LogP) is 5.33. The summed E-state index contributed by atoms with van der Waals surface area (Å²) in [5.74, 6) is 0.739. The summed E-state index contributed by atoms with van der Waals surface area (Å²) in [5, 5.41) is 4.56. The molecule has 1 N–H and O–H groups in total. The summed E-state index contributed by atoms with van der Waals surface area (Å²) in [6.45, 7) is 3.27. The molecule has 0 heterocycles. The van der Waals surface area contributed by atoms with E-state index in [1.165, 1.54) is 31.2 Å². The van der Waals surface area contributed by atoms with Crippen LogP contribution in [0.3, 0.4) is 0 Å². The van der Waals surface area contributed by atoms with Crippen molar-refractivity contribution in [3.63, 3.8) is 0 Å². The molecule has 1 fully saturated rings. The van der Waals surface area contributed by atoms with Gasteiger partial charge in [0.05, 0.1) is 5.02 Å². The lowest BCUT2D eigenvalue weighted by Crippen LogP contribution is -2.28. The van der Waals surface area contributed by atoms with E-state index in [1.54, 1.807) is 0 Å². The van der Waals surface area contributed by atoms with Crippen molar-refractivity contribution in [2.75, 3.05) is 6.54 Å². The molecule has 1 aromatic rings. The summed E-state index contributed by atoms with van der Waals surface area (Å²) in [4.78, 5) is 0. The summed E-state index contributed by atoms with van der Waals surface area (Å²) in [7, 11) is 0. The molecule has 3 heteroatoms. The number of rotatable bonds is 5. The molecule has 0 amide bonds. The average Bonchev–Trinajstić information content (AvgIpc) is 2.88. The third-order valence-corrected chi connectivity index (χ3v) is 5.11. The zero-order chi connectivity index (χ0) is 13.0. The highest BCUT2D eigenvalue weighted by molar-refractivity contribution is 9.10. The van der Waals surface area contributed by atoms with Crippen LogP contribution in [0, 0.1) is 5.92 Å². The minimum absolute atomic E-state index is 0.414. The molecule has 1 aliphatic carbocycles. The fourth-order valence-electron chi connectivity index (χ4n) is 2.88. The van der Waals surface area contributed by atoms with E-state index >= 15 is 0 Å². The Labute approximate surface area is 123 Å². The van der Waals surface area contributed by atoms with Crippen LogP contribution in [-0.4, -0.2) is 6.54 Å². The minimum atomic E-state index is 0.414. The fraction of sp³-hybridized carbons (Fsp3) is 0.600. The molecule has 0 aromatic heterocycles. The lowest BCUT2D eigenvalue weighted by atomic mass is 9.91. The van der Waals surface area contributed by atoms with E-state index in [9.17, 15) is 0 Å². The predicted molar refractivity (Wildman–Crippen MR) is 82.1 cm³/mol. The van der Waals surface area contributed by atoms with Gasteiger partial charge in [0.1, 0.15) is 0 Å². The zero-order valence-corrected chi connectivity index (χ0v) is 13.2. The maximum atomic E-state index is 6.46. The lowest BCUT2D eigenvalue weighted by Gasteiger charge is -2.26. The van der Waals surface area contributed by atoms with Crippen LogP contribution in [0.4, 0.5) is 0 Å². The molecule has 0 radical (unpaired) electrons. The van der Waals surface area contributed by atoms with Crippen LogP contribution < -0.4 is 5.32 Å². The molecule has 100 valence electrons. The van der Waals surface area contributed by atoms with Crippen LogP contribution in [-0.2, 0) is 0 Å². The molecule has 2 rings (SSSR count). The normalized spacial score (nSPS) is 18.2. The first-order chi connectivity index (χ1) is 8.74. The van der Waals surface area contributed by atoms with E-state index in [4.69, 9.17) is 11.6 Å². The second kappa shape index (κ2) is 6.93. The van der Waals surface area contributed by atoms with E-state index in [0.29, 0.717) is 6.04 Å². The molecule has 0 spiro atoms. The first kappa shape index (κ1) is 14.4. The van der Waals surface area contributed by atoms with Gasteiger partial charge in [0.25, 0.3) is 0 Å². The van der Waals surface area contributed by atoms with Gasteiger partial charge < -0.3 is 5.32 Å². The van der Waals surface area contributed by atoms with Crippen LogP contribution in [0.15, 0.2) is 22.7 Å². The van der Waals surface area contributed by atoms with Gasteiger partial charge in [-0.1, -0.05) is 43.5 Å². The Morgan fingerprint density at radius 2 is 2.11 bits per heavy atom. The molecule has 1 atom stereocenters. The van der Waals surface area contributed by atoms with Gasteiger partial charge in [0, 0.05) is 10.5 Å². The van der Waals surface area contributed by atoms with Crippen molar-refractivity contribution in [1.82, 2.24) is 5.32 Å². The monoisotopic (exact) mass is 329 g/mol. The number of benzene rings is 1. The summed E-state index contributed by atoms with van der Waals surface area (Å²) in [5.41, 5.74) is 1.26. The zero-order valence-electron chi connectivity index (χ0n) is 10.9. The highest BCUT2D eigenvalue weighted by Crippen LogP contribution is 2.39. The molecular weight excluding hydrogens is 310 g/mol. The quantitative estimate of drug-likeness (QED) is 0.769. The second-order valence-corrected chi connectivity index (χ2v) is 6.35. The second-order valence-electron chi connectivity index (χ2n) is 5.12. The molecule has 18 heavy (non-hydrogen) atoms. The van der Waals surface area contributed by atoms with Crippen molar-refractivity contribution in [2.24, 2.45) is 5.92 Å². The highest BCUT2D eigenvalue weighted by Gasteiger charge is 2.27. The van der Waals surface area contributed by atoms with E-state index in [-0.39, 0.29) is 0 Å². The van der Waals surface area contributed by atoms with E-state index in [1.807, 2.05) is 6.07 Å². The fourth-order valence-corrected chi connectivity index (χ4v) is 3.51. The Hall–Kier alpha value is -0.0500. The standard InChI is InChI=1S/C15H21BrClN/c1-2-10-18-15(11-6-3-4-7-11)12-8-5-9-13(16)14(12)17/h5,8-9,11,15,18H,2-4,6-7,10H2,1H3. The van der Waals surface area contributed by atoms with Crippen molar-refractivity contribution in [3.8, 4) is 0 Å². The Kier molecular flexibility index (Phi) is 5.53. The number of halogens is 2. The molecule has 1 unspecified atom stereocenters. The van der Waals surface area contributed by atoms with Gasteiger partial charge in [0.15, 0.2) is 0 Å². The van der Waals surface area contributed by atoms with Gasteiger partial charge in [0.2, 0.25) is 0 Å². The van der Waals surface area contributed by atoms with Gasteiger partial charge in [-0.15, -0.1) is 0 Å². The topological polar surface area (TPSA) is 12.0 Å². The SMILES string of the molecule is CCCNC(c1cccc(Br)c1Cl)C1CCCC1. The van der Waals surface area contributed by atoms with Crippen molar-refractivity contribution in [2.45, 2.75) is 45.1 Å². The number of hydrogen-bond donors (Lipinski definition) is 1. The van der Waals surface area contributed by atoms with E-state index < -0.39 is 0 Å². The van der Waals surface area contributed by atoms with Crippen LogP contribution in [0.2, 0.25) is 5.02 Å². The molecule has 1 aliphatic rings. The first-order valence-electron chi connectivity index (χ1n) is 6.91. The maximum absolute atomic E-state index is 6.46. The number of nitrogens with one attached hydrogen (secondary N) is 1. The average molecular weight is 331 g/mol. The molecular formula is C15H21BrClN. The largest absolute Gasteiger partial charge is 0.310 e. The summed E-state index contributed by atoms with van der Waals surface area (Å²) in [6, 6.07) is 6.68. The van der Waals surface area contributed by atoms with Gasteiger partial charge >= 0.3 is 0 Å². The highest BCUT2D eigenvalue weighted by atomic mass is 79.9. The Morgan fingerprint density at radius 1 is 1.39 bits per heavy atom. The minimum Gasteiger partial charge on any atom is -0.310 e. The molecule has 1 nitrogen and oxygen atoms in total. The molecule has 0 bridgehead atoms. The van der Waals surface area contributed by atoms with Crippen LogP contribution >= 0.6 is 27.5 Å². The first-order valence-corrected chi connectivity index (χ1v) is 8.08. The van der Waals surface area contributed by atoms with Gasteiger partial charge in [-0.05, 0) is 59.3 Å².